The summed E-state index contributed by atoms with van der Waals surface area (Å²) < 4.78 is 5.59. The van der Waals surface area contributed by atoms with Crippen molar-refractivity contribution >= 4 is 11.6 Å². The highest BCUT2D eigenvalue weighted by atomic mass is 16.5. The van der Waals surface area contributed by atoms with Crippen molar-refractivity contribution in [3.05, 3.63) is 29.3 Å². The molecule has 0 spiro atoms. The van der Waals surface area contributed by atoms with Crippen LogP contribution in [0.15, 0.2) is 23.3 Å². The van der Waals surface area contributed by atoms with E-state index in [4.69, 9.17) is 4.74 Å². The Morgan fingerprint density at radius 1 is 1.44 bits per heavy atom. The molecule has 1 aliphatic heterocycles. The molecule has 0 bridgehead atoms. The first-order chi connectivity index (χ1) is 11.8. The molecular formula is C18H24N4O3. The Labute approximate surface area is 147 Å². The van der Waals surface area contributed by atoms with Crippen LogP contribution in [0.4, 0.5) is 0 Å². The first-order valence-corrected chi connectivity index (χ1v) is 8.24. The average Bonchev–Trinajstić information content (AvgIpc) is 2.58. The number of hydrogen-bond acceptors (Lipinski definition) is 6. The molecule has 0 fully saturated rings. The Morgan fingerprint density at radius 2 is 2.20 bits per heavy atom. The SMILES string of the molecule is CC(C)(C)NCC(O)COc1ccc(C2=NNC(=O)CC2)cc1C#N. The predicted molar refractivity (Wildman–Crippen MR) is 94.3 cm³/mol. The minimum atomic E-state index is -0.677. The van der Waals surface area contributed by atoms with E-state index in [0.29, 0.717) is 30.7 Å². The largest absolute Gasteiger partial charge is 0.489 e. The molecular weight excluding hydrogens is 320 g/mol. The summed E-state index contributed by atoms with van der Waals surface area (Å²) in [6, 6.07) is 7.27. The summed E-state index contributed by atoms with van der Waals surface area (Å²) >= 11 is 0. The van der Waals surface area contributed by atoms with Gasteiger partial charge in [-0.3, -0.25) is 4.79 Å². The van der Waals surface area contributed by atoms with E-state index >= 15 is 0 Å². The quantitative estimate of drug-likeness (QED) is 0.721. The Bertz CT molecular complexity index is 701. The maximum absolute atomic E-state index is 11.2. The number of aliphatic hydroxyl groups is 1. The summed E-state index contributed by atoms with van der Waals surface area (Å²) in [5, 5.41) is 26.6. The van der Waals surface area contributed by atoms with Crippen LogP contribution in [-0.2, 0) is 4.79 Å². The van der Waals surface area contributed by atoms with Gasteiger partial charge in [0.25, 0.3) is 0 Å². The summed E-state index contributed by atoms with van der Waals surface area (Å²) in [6.45, 7) is 6.55. The Hall–Kier alpha value is -2.43. The highest BCUT2D eigenvalue weighted by Gasteiger charge is 2.16. The molecule has 7 heteroatoms. The normalized spacial score (nSPS) is 15.8. The van der Waals surface area contributed by atoms with Crippen LogP contribution in [0.5, 0.6) is 5.75 Å². The van der Waals surface area contributed by atoms with Crippen molar-refractivity contribution in [1.82, 2.24) is 10.7 Å². The molecule has 0 aliphatic carbocycles. The number of nitrogens with one attached hydrogen (secondary N) is 2. The van der Waals surface area contributed by atoms with Crippen molar-refractivity contribution in [1.29, 1.82) is 5.26 Å². The minimum absolute atomic E-state index is 0.0867. The number of amides is 1. The van der Waals surface area contributed by atoms with Gasteiger partial charge in [-0.25, -0.2) is 5.43 Å². The Morgan fingerprint density at radius 3 is 2.80 bits per heavy atom. The average molecular weight is 344 g/mol. The van der Waals surface area contributed by atoms with Gasteiger partial charge in [-0.05, 0) is 44.5 Å². The van der Waals surface area contributed by atoms with Gasteiger partial charge in [-0.2, -0.15) is 10.4 Å². The molecule has 1 atom stereocenters. The van der Waals surface area contributed by atoms with Gasteiger partial charge in [0.15, 0.2) is 0 Å². The molecule has 0 radical (unpaired) electrons. The van der Waals surface area contributed by atoms with Gasteiger partial charge in [-0.1, -0.05) is 0 Å². The summed E-state index contributed by atoms with van der Waals surface area (Å²) in [7, 11) is 0. The van der Waals surface area contributed by atoms with Crippen molar-refractivity contribution in [2.24, 2.45) is 5.10 Å². The van der Waals surface area contributed by atoms with Crippen LogP contribution in [0, 0.1) is 11.3 Å². The van der Waals surface area contributed by atoms with E-state index in [0.717, 1.165) is 11.3 Å². The number of benzene rings is 1. The molecule has 1 amide bonds. The summed E-state index contributed by atoms with van der Waals surface area (Å²) in [6.07, 6.45) is 0.239. The van der Waals surface area contributed by atoms with Crippen LogP contribution >= 0.6 is 0 Å². The lowest BCUT2D eigenvalue weighted by molar-refractivity contribution is -0.121. The molecule has 1 aromatic rings. The van der Waals surface area contributed by atoms with Crippen molar-refractivity contribution in [2.75, 3.05) is 13.2 Å². The predicted octanol–water partition coefficient (Wildman–Crippen LogP) is 1.30. The highest BCUT2D eigenvalue weighted by Crippen LogP contribution is 2.21. The molecule has 1 heterocycles. The molecule has 1 unspecified atom stereocenters. The fourth-order valence-corrected chi connectivity index (χ4v) is 2.27. The number of aliphatic hydroxyl groups excluding tert-OH is 1. The smallest absolute Gasteiger partial charge is 0.240 e. The molecule has 1 aliphatic rings. The number of carbonyl (C=O) groups is 1. The van der Waals surface area contributed by atoms with Crippen LogP contribution in [-0.4, -0.2) is 41.5 Å². The minimum Gasteiger partial charge on any atom is -0.489 e. The van der Waals surface area contributed by atoms with E-state index in [1.807, 2.05) is 20.8 Å². The van der Waals surface area contributed by atoms with E-state index in [1.165, 1.54) is 0 Å². The van der Waals surface area contributed by atoms with Crippen molar-refractivity contribution in [3.63, 3.8) is 0 Å². The van der Waals surface area contributed by atoms with Crippen LogP contribution < -0.4 is 15.5 Å². The number of nitriles is 1. The lowest BCUT2D eigenvalue weighted by Gasteiger charge is -2.23. The maximum Gasteiger partial charge on any atom is 0.240 e. The van der Waals surface area contributed by atoms with Gasteiger partial charge in [0, 0.05) is 24.9 Å². The fourth-order valence-electron chi connectivity index (χ4n) is 2.27. The first-order valence-electron chi connectivity index (χ1n) is 8.24. The number of β-amino-alcohol motifs (C(OH)–C–C–N with tert-alkyl or cyclic N) is 1. The fraction of sp³-hybridized carbons (Fsp3) is 0.500. The molecule has 3 N–H and O–H groups in total. The van der Waals surface area contributed by atoms with E-state index in [-0.39, 0.29) is 18.1 Å². The third-order valence-corrected chi connectivity index (χ3v) is 3.64. The van der Waals surface area contributed by atoms with Crippen LogP contribution in [0.2, 0.25) is 0 Å². The summed E-state index contributed by atoms with van der Waals surface area (Å²) in [5.74, 6) is 0.309. The van der Waals surface area contributed by atoms with Gasteiger partial charge >= 0.3 is 0 Å². The zero-order valence-electron chi connectivity index (χ0n) is 14.8. The number of rotatable bonds is 6. The third-order valence-electron chi connectivity index (χ3n) is 3.64. The second kappa shape index (κ2) is 8.10. The van der Waals surface area contributed by atoms with Crippen molar-refractivity contribution in [3.8, 4) is 11.8 Å². The topological polar surface area (TPSA) is 107 Å². The van der Waals surface area contributed by atoms with Crippen LogP contribution in [0.25, 0.3) is 0 Å². The van der Waals surface area contributed by atoms with Gasteiger partial charge < -0.3 is 15.2 Å². The number of nitrogens with zero attached hydrogens (tertiary/aromatic N) is 2. The highest BCUT2D eigenvalue weighted by molar-refractivity contribution is 6.04. The lowest BCUT2D eigenvalue weighted by Crippen LogP contribution is -2.42. The summed E-state index contributed by atoms with van der Waals surface area (Å²) in [5.41, 5.74) is 4.24. The lowest BCUT2D eigenvalue weighted by atomic mass is 10.0. The van der Waals surface area contributed by atoms with E-state index in [2.05, 4.69) is 21.9 Å². The molecule has 0 saturated heterocycles. The number of hydrogen-bond donors (Lipinski definition) is 3. The van der Waals surface area contributed by atoms with Crippen molar-refractivity contribution < 1.29 is 14.6 Å². The monoisotopic (exact) mass is 344 g/mol. The third kappa shape index (κ3) is 5.85. The van der Waals surface area contributed by atoms with Gasteiger partial charge in [0.2, 0.25) is 5.91 Å². The number of carbonyl (C=O) groups excluding carboxylic acids is 1. The molecule has 0 saturated carbocycles. The standard InChI is InChI=1S/C18H24N4O3/c1-18(2,3)20-10-14(23)11-25-16-6-4-12(8-13(16)9-19)15-5-7-17(24)22-21-15/h4,6,8,14,20,23H,5,7,10-11H2,1-3H3,(H,22,24). The molecule has 2 rings (SSSR count). The second-order valence-corrected chi connectivity index (χ2v) is 7.01. The Balaban J connectivity index is 2.00. The van der Waals surface area contributed by atoms with Gasteiger partial charge in [0.1, 0.15) is 24.5 Å². The summed E-state index contributed by atoms with van der Waals surface area (Å²) in [4.78, 5) is 11.2. The molecule has 134 valence electrons. The van der Waals surface area contributed by atoms with Gasteiger partial charge in [-0.15, -0.1) is 0 Å². The van der Waals surface area contributed by atoms with E-state index in [1.54, 1.807) is 18.2 Å². The molecule has 1 aromatic carbocycles. The molecule has 25 heavy (non-hydrogen) atoms. The van der Waals surface area contributed by atoms with Crippen molar-refractivity contribution in [2.45, 2.75) is 45.3 Å². The van der Waals surface area contributed by atoms with Gasteiger partial charge in [0.05, 0.1) is 11.3 Å². The first kappa shape index (κ1) is 18.9. The molecule has 7 nitrogen and oxygen atoms in total. The van der Waals surface area contributed by atoms with Crippen LogP contribution in [0.3, 0.4) is 0 Å². The zero-order chi connectivity index (χ0) is 18.4. The number of ether oxygens (including phenoxy) is 1. The molecule has 0 aromatic heterocycles. The second-order valence-electron chi connectivity index (χ2n) is 7.01. The van der Waals surface area contributed by atoms with E-state index in [9.17, 15) is 15.2 Å². The maximum atomic E-state index is 11.2. The van der Waals surface area contributed by atoms with Crippen LogP contribution in [0.1, 0.15) is 44.7 Å². The van der Waals surface area contributed by atoms with E-state index < -0.39 is 6.10 Å². The Kier molecular flexibility index (Phi) is 6.12. The zero-order valence-corrected chi connectivity index (χ0v) is 14.8. The number of hydrazone groups is 1.